The number of nitro benzene ring substituents is 1. The van der Waals surface area contributed by atoms with Crippen LogP contribution in [-0.2, 0) is 0 Å². The molecule has 94 valence electrons. The van der Waals surface area contributed by atoms with E-state index < -0.39 is 10.8 Å². The molecule has 0 saturated carbocycles. The predicted molar refractivity (Wildman–Crippen MR) is 68.5 cm³/mol. The minimum Gasteiger partial charge on any atom is -0.351 e. The van der Waals surface area contributed by atoms with Gasteiger partial charge in [0.05, 0.1) is 15.5 Å². The molecule has 0 fully saturated rings. The van der Waals surface area contributed by atoms with Gasteiger partial charge in [0.1, 0.15) is 0 Å². The van der Waals surface area contributed by atoms with Crippen molar-refractivity contribution in [3.8, 4) is 11.8 Å². The summed E-state index contributed by atoms with van der Waals surface area (Å²) >= 11 is 5.82. The lowest BCUT2D eigenvalue weighted by Gasteiger charge is -2.04. The molecule has 18 heavy (non-hydrogen) atoms. The number of carbonyl (C=O) groups is 1. The van der Waals surface area contributed by atoms with Crippen molar-refractivity contribution in [2.24, 2.45) is 0 Å². The Bertz CT molecular complexity index is 532. The van der Waals surface area contributed by atoms with Gasteiger partial charge in [0.2, 0.25) is 0 Å². The van der Waals surface area contributed by atoms with Crippen molar-refractivity contribution in [2.45, 2.75) is 13.3 Å². The van der Waals surface area contributed by atoms with E-state index >= 15 is 0 Å². The summed E-state index contributed by atoms with van der Waals surface area (Å²) in [7, 11) is 0. The normalized spacial score (nSPS) is 9.22. The number of nitro groups is 1. The van der Waals surface area contributed by atoms with Crippen LogP contribution in [0.1, 0.15) is 23.7 Å². The van der Waals surface area contributed by atoms with Gasteiger partial charge in [-0.15, -0.1) is 11.8 Å². The van der Waals surface area contributed by atoms with Gasteiger partial charge >= 0.3 is 0 Å². The zero-order valence-corrected chi connectivity index (χ0v) is 10.5. The lowest BCUT2D eigenvalue weighted by Crippen LogP contribution is -2.24. The molecule has 0 bridgehead atoms. The fourth-order valence-corrected chi connectivity index (χ4v) is 1.46. The number of rotatable bonds is 4. The first kappa shape index (κ1) is 14.0. The van der Waals surface area contributed by atoms with Crippen LogP contribution in [0, 0.1) is 22.0 Å². The van der Waals surface area contributed by atoms with Crippen molar-refractivity contribution in [2.75, 3.05) is 6.54 Å². The average Bonchev–Trinajstić information content (AvgIpc) is 2.34. The number of non-ortho nitro benzene ring substituents is 1. The van der Waals surface area contributed by atoms with E-state index in [1.807, 2.05) is 0 Å². The van der Waals surface area contributed by atoms with Crippen LogP contribution in [-0.4, -0.2) is 17.4 Å². The molecule has 0 aliphatic carbocycles. The molecule has 1 N–H and O–H groups in total. The van der Waals surface area contributed by atoms with Gasteiger partial charge in [-0.3, -0.25) is 14.9 Å². The number of hydrogen-bond donors (Lipinski definition) is 1. The number of hydrogen-bond acceptors (Lipinski definition) is 3. The molecule has 0 heterocycles. The first-order chi connectivity index (χ1) is 8.56. The highest BCUT2D eigenvalue weighted by atomic mass is 35.5. The third kappa shape index (κ3) is 3.75. The largest absolute Gasteiger partial charge is 0.351 e. The van der Waals surface area contributed by atoms with E-state index in [1.54, 1.807) is 6.92 Å². The fraction of sp³-hybridized carbons (Fsp3) is 0.250. The zero-order valence-electron chi connectivity index (χ0n) is 9.70. The summed E-state index contributed by atoms with van der Waals surface area (Å²) in [5.41, 5.74) is -0.0757. The minimum absolute atomic E-state index is 0.0929. The molecule has 0 atom stereocenters. The third-order valence-electron chi connectivity index (χ3n) is 2.12. The molecule has 1 rings (SSSR count). The van der Waals surface area contributed by atoms with Crippen molar-refractivity contribution < 1.29 is 9.72 Å². The lowest BCUT2D eigenvalue weighted by atomic mass is 10.2. The van der Waals surface area contributed by atoms with Crippen LogP contribution in [0.2, 0.25) is 5.02 Å². The number of nitrogens with zero attached hydrogens (tertiary/aromatic N) is 1. The summed E-state index contributed by atoms with van der Waals surface area (Å²) in [6, 6.07) is 3.74. The molecule has 5 nitrogen and oxygen atoms in total. The number of halogens is 1. The van der Waals surface area contributed by atoms with Crippen LogP contribution in [0.25, 0.3) is 0 Å². The van der Waals surface area contributed by atoms with Crippen LogP contribution in [0.4, 0.5) is 5.69 Å². The average molecular weight is 267 g/mol. The summed E-state index contributed by atoms with van der Waals surface area (Å²) in [4.78, 5) is 21.8. The number of nitrogens with one attached hydrogen (secondary N) is 1. The van der Waals surface area contributed by atoms with E-state index in [1.165, 1.54) is 12.1 Å². The molecule has 6 heteroatoms. The lowest BCUT2D eigenvalue weighted by molar-refractivity contribution is -0.384. The summed E-state index contributed by atoms with van der Waals surface area (Å²) in [5, 5.41) is 13.4. The molecular formula is C12H11ClN2O3. The van der Waals surface area contributed by atoms with Gasteiger partial charge in [-0.05, 0) is 13.0 Å². The SMILES string of the molecule is CC#CCCNC(=O)c1cc([N+](=O)[O-])ccc1Cl. The van der Waals surface area contributed by atoms with Crippen molar-refractivity contribution in [1.82, 2.24) is 5.32 Å². The Kier molecular flexibility index (Phi) is 5.15. The van der Waals surface area contributed by atoms with Gasteiger partial charge in [-0.2, -0.15) is 0 Å². The van der Waals surface area contributed by atoms with Crippen molar-refractivity contribution in [3.05, 3.63) is 38.9 Å². The van der Waals surface area contributed by atoms with Gasteiger partial charge in [-0.25, -0.2) is 0 Å². The maximum Gasteiger partial charge on any atom is 0.270 e. The van der Waals surface area contributed by atoms with Crippen LogP contribution in [0.5, 0.6) is 0 Å². The Morgan fingerprint density at radius 1 is 1.56 bits per heavy atom. The number of benzene rings is 1. The molecular weight excluding hydrogens is 256 g/mol. The molecule has 1 aromatic rings. The van der Waals surface area contributed by atoms with Gasteiger partial charge in [0, 0.05) is 25.1 Å². The summed E-state index contributed by atoms with van der Waals surface area (Å²) in [6.07, 6.45) is 0.523. The van der Waals surface area contributed by atoms with Crippen LogP contribution >= 0.6 is 11.6 Å². The smallest absolute Gasteiger partial charge is 0.270 e. The topological polar surface area (TPSA) is 72.2 Å². The molecule has 0 spiro atoms. The highest BCUT2D eigenvalue weighted by Crippen LogP contribution is 2.21. The maximum absolute atomic E-state index is 11.7. The quantitative estimate of drug-likeness (QED) is 0.394. The van der Waals surface area contributed by atoms with Gasteiger partial charge < -0.3 is 5.32 Å². The van der Waals surface area contributed by atoms with E-state index in [-0.39, 0.29) is 16.3 Å². The van der Waals surface area contributed by atoms with E-state index in [9.17, 15) is 14.9 Å². The van der Waals surface area contributed by atoms with E-state index in [4.69, 9.17) is 11.6 Å². The monoisotopic (exact) mass is 266 g/mol. The van der Waals surface area contributed by atoms with Crippen LogP contribution in [0.15, 0.2) is 18.2 Å². The zero-order chi connectivity index (χ0) is 13.5. The molecule has 0 aromatic heterocycles. The van der Waals surface area contributed by atoms with E-state index in [2.05, 4.69) is 17.2 Å². The Balaban J connectivity index is 2.80. The summed E-state index contributed by atoms with van der Waals surface area (Å²) in [6.45, 7) is 2.08. The van der Waals surface area contributed by atoms with Gasteiger partial charge in [0.25, 0.3) is 11.6 Å². The second kappa shape index (κ2) is 6.62. The highest BCUT2D eigenvalue weighted by Gasteiger charge is 2.15. The van der Waals surface area contributed by atoms with Gasteiger partial charge in [-0.1, -0.05) is 11.6 Å². The summed E-state index contributed by atoms with van der Waals surface area (Å²) < 4.78 is 0. The standard InChI is InChI=1S/C12H11ClN2O3/c1-2-3-4-7-14-12(16)10-8-9(15(17)18)5-6-11(10)13/h5-6,8H,4,7H2,1H3,(H,14,16). The second-order valence-electron chi connectivity index (χ2n) is 3.35. The number of carbonyl (C=O) groups excluding carboxylic acids is 1. The second-order valence-corrected chi connectivity index (χ2v) is 3.76. The molecule has 1 aromatic carbocycles. The first-order valence-electron chi connectivity index (χ1n) is 5.18. The molecule has 1 amide bonds. The maximum atomic E-state index is 11.7. The Morgan fingerprint density at radius 3 is 2.89 bits per heavy atom. The van der Waals surface area contributed by atoms with Crippen molar-refractivity contribution in [3.63, 3.8) is 0 Å². The van der Waals surface area contributed by atoms with E-state index in [0.717, 1.165) is 6.07 Å². The predicted octanol–water partition coefficient (Wildman–Crippen LogP) is 2.39. The minimum atomic E-state index is -0.574. The fourth-order valence-electron chi connectivity index (χ4n) is 1.26. The van der Waals surface area contributed by atoms with Crippen molar-refractivity contribution in [1.29, 1.82) is 0 Å². The van der Waals surface area contributed by atoms with Crippen LogP contribution < -0.4 is 5.32 Å². The Morgan fingerprint density at radius 2 is 2.28 bits per heavy atom. The first-order valence-corrected chi connectivity index (χ1v) is 5.55. The van der Waals surface area contributed by atoms with Crippen molar-refractivity contribution >= 4 is 23.2 Å². The Hall–Kier alpha value is -2.06. The molecule has 0 aliphatic heterocycles. The molecule has 0 aliphatic rings. The van der Waals surface area contributed by atoms with Gasteiger partial charge in [0.15, 0.2) is 0 Å². The summed E-state index contributed by atoms with van der Waals surface area (Å²) in [5.74, 6) is 5.05. The molecule has 0 radical (unpaired) electrons. The van der Waals surface area contributed by atoms with Crippen LogP contribution in [0.3, 0.4) is 0 Å². The molecule has 0 saturated heterocycles. The highest BCUT2D eigenvalue weighted by molar-refractivity contribution is 6.33. The molecule has 0 unspecified atom stereocenters. The number of amides is 1. The third-order valence-corrected chi connectivity index (χ3v) is 2.45. The Labute approximate surface area is 109 Å². The van der Waals surface area contributed by atoms with E-state index in [0.29, 0.717) is 13.0 Å².